The number of carbonyl (C=O) groups excluding carboxylic acids is 4. The van der Waals surface area contributed by atoms with E-state index in [1.807, 2.05) is 0 Å². The van der Waals surface area contributed by atoms with Crippen molar-refractivity contribution in [2.45, 2.75) is 24.4 Å². The van der Waals surface area contributed by atoms with E-state index in [1.54, 1.807) is 30.3 Å². The quantitative estimate of drug-likeness (QED) is 0.212. The highest BCUT2D eigenvalue weighted by Crippen LogP contribution is 2.40. The molecule has 1 unspecified atom stereocenters. The standard InChI is InChI=1S/C22H23N3O10S/c1-11(26)35-7-13-10-36-21-17(20(31)25(21)18(13)22(32)33)24-19(30)16(12-5-3-2-4-6-12)23-14(27)8-34-9-15(28)29/h2-6,16-17,21H,7-10H2,1H3,(H,23,27)(H,24,30)(H,28,29)(H,32,33)/t16?,17-,21-/m1/s1. The Morgan fingerprint density at radius 2 is 1.83 bits per heavy atom. The predicted octanol–water partition coefficient (Wildman–Crippen LogP) is -0.753. The van der Waals surface area contributed by atoms with Gasteiger partial charge in [-0.1, -0.05) is 30.3 Å². The Kier molecular flexibility index (Phi) is 8.66. The van der Waals surface area contributed by atoms with Gasteiger partial charge in [0.2, 0.25) is 11.8 Å². The zero-order valence-electron chi connectivity index (χ0n) is 19.0. The minimum atomic E-state index is -1.36. The van der Waals surface area contributed by atoms with Gasteiger partial charge in [-0.15, -0.1) is 11.8 Å². The van der Waals surface area contributed by atoms with E-state index in [-0.39, 0.29) is 23.6 Å². The van der Waals surface area contributed by atoms with Gasteiger partial charge in [-0.25, -0.2) is 9.59 Å². The van der Waals surface area contributed by atoms with Gasteiger partial charge in [0.05, 0.1) is 0 Å². The van der Waals surface area contributed by atoms with Gasteiger partial charge in [0.25, 0.3) is 5.91 Å². The van der Waals surface area contributed by atoms with Gasteiger partial charge in [-0.2, -0.15) is 0 Å². The molecule has 1 aromatic carbocycles. The molecule has 3 atom stereocenters. The molecule has 2 aliphatic heterocycles. The number of nitrogens with one attached hydrogen (secondary N) is 2. The Bertz CT molecular complexity index is 1110. The fourth-order valence-electron chi connectivity index (χ4n) is 3.60. The van der Waals surface area contributed by atoms with Crippen LogP contribution in [0.25, 0.3) is 0 Å². The van der Waals surface area contributed by atoms with E-state index in [0.717, 1.165) is 4.90 Å². The van der Waals surface area contributed by atoms with Crippen LogP contribution in [0.3, 0.4) is 0 Å². The van der Waals surface area contributed by atoms with Crippen molar-refractivity contribution in [2.75, 3.05) is 25.6 Å². The van der Waals surface area contributed by atoms with E-state index in [2.05, 4.69) is 10.6 Å². The molecule has 0 saturated carbocycles. The number of carboxylic acid groups (broad SMARTS) is 2. The van der Waals surface area contributed by atoms with Gasteiger partial charge in [0.1, 0.15) is 43.0 Å². The molecule has 1 aromatic rings. The van der Waals surface area contributed by atoms with Crippen LogP contribution in [0.15, 0.2) is 41.6 Å². The Labute approximate surface area is 208 Å². The van der Waals surface area contributed by atoms with Crippen LogP contribution >= 0.6 is 11.8 Å². The molecule has 2 heterocycles. The minimum Gasteiger partial charge on any atom is -0.480 e. The molecular formula is C22H23N3O10S. The molecule has 1 fully saturated rings. The molecule has 14 heteroatoms. The van der Waals surface area contributed by atoms with Crippen LogP contribution in [0, 0.1) is 0 Å². The molecule has 0 bridgehead atoms. The summed E-state index contributed by atoms with van der Waals surface area (Å²) in [7, 11) is 0. The number of ether oxygens (including phenoxy) is 2. The highest BCUT2D eigenvalue weighted by atomic mass is 32.2. The van der Waals surface area contributed by atoms with E-state index in [1.165, 1.54) is 18.7 Å². The van der Waals surface area contributed by atoms with Crippen molar-refractivity contribution in [1.29, 1.82) is 0 Å². The summed E-state index contributed by atoms with van der Waals surface area (Å²) < 4.78 is 9.64. The van der Waals surface area contributed by atoms with Crippen LogP contribution < -0.4 is 10.6 Å². The summed E-state index contributed by atoms with van der Waals surface area (Å²) in [6, 6.07) is 5.87. The first kappa shape index (κ1) is 26.7. The third kappa shape index (κ3) is 6.20. The van der Waals surface area contributed by atoms with Crippen molar-refractivity contribution in [1.82, 2.24) is 15.5 Å². The number of carbonyl (C=O) groups is 6. The van der Waals surface area contributed by atoms with Crippen LogP contribution in [-0.2, 0) is 38.2 Å². The lowest BCUT2D eigenvalue weighted by Crippen LogP contribution is -2.71. The Morgan fingerprint density at radius 1 is 1.14 bits per heavy atom. The largest absolute Gasteiger partial charge is 0.480 e. The number of β-lactam (4-membered cyclic amide) rings is 1. The number of rotatable bonds is 11. The fourth-order valence-corrected chi connectivity index (χ4v) is 4.93. The molecule has 13 nitrogen and oxygen atoms in total. The molecule has 0 spiro atoms. The van der Waals surface area contributed by atoms with E-state index in [4.69, 9.17) is 14.6 Å². The van der Waals surface area contributed by atoms with Gasteiger partial charge in [0.15, 0.2) is 0 Å². The van der Waals surface area contributed by atoms with Gasteiger partial charge in [-0.3, -0.25) is 24.1 Å². The van der Waals surface area contributed by atoms with Crippen LogP contribution in [-0.4, -0.2) is 87.7 Å². The molecular weight excluding hydrogens is 498 g/mol. The highest BCUT2D eigenvalue weighted by molar-refractivity contribution is 8.00. The number of fused-ring (bicyclic) bond motifs is 1. The molecule has 36 heavy (non-hydrogen) atoms. The first-order valence-electron chi connectivity index (χ1n) is 10.6. The summed E-state index contributed by atoms with van der Waals surface area (Å²) in [5.74, 6) is -5.20. The second kappa shape index (κ2) is 11.7. The van der Waals surface area contributed by atoms with Crippen molar-refractivity contribution in [2.24, 2.45) is 0 Å². The number of nitrogens with zero attached hydrogens (tertiary/aromatic N) is 1. The maximum absolute atomic E-state index is 13.1. The third-order valence-electron chi connectivity index (χ3n) is 5.16. The number of hydrogen-bond acceptors (Lipinski definition) is 9. The molecule has 4 N–H and O–H groups in total. The molecule has 2 aliphatic rings. The molecule has 1 saturated heterocycles. The number of hydrogen-bond donors (Lipinski definition) is 4. The summed E-state index contributed by atoms with van der Waals surface area (Å²) in [5, 5.41) is 22.6. The third-order valence-corrected chi connectivity index (χ3v) is 6.50. The number of esters is 1. The number of benzene rings is 1. The van der Waals surface area contributed by atoms with Crippen LogP contribution in [0.2, 0.25) is 0 Å². The first-order chi connectivity index (χ1) is 17.1. The zero-order chi connectivity index (χ0) is 26.4. The number of carboxylic acids is 2. The minimum absolute atomic E-state index is 0.162. The number of thioether (sulfide) groups is 1. The lowest BCUT2D eigenvalue weighted by molar-refractivity contribution is -0.151. The topological polar surface area (TPSA) is 189 Å². The average Bonchev–Trinajstić information content (AvgIpc) is 2.83. The summed E-state index contributed by atoms with van der Waals surface area (Å²) >= 11 is 1.20. The van der Waals surface area contributed by atoms with Crippen LogP contribution in [0.4, 0.5) is 0 Å². The lowest BCUT2D eigenvalue weighted by atomic mass is 10.0. The van der Waals surface area contributed by atoms with Gasteiger partial charge >= 0.3 is 17.9 Å². The zero-order valence-corrected chi connectivity index (χ0v) is 19.8. The number of amides is 3. The van der Waals surface area contributed by atoms with Crippen molar-refractivity contribution in [3.63, 3.8) is 0 Å². The van der Waals surface area contributed by atoms with E-state index in [0.29, 0.717) is 5.56 Å². The smallest absolute Gasteiger partial charge is 0.352 e. The summed E-state index contributed by atoms with van der Waals surface area (Å²) in [6.07, 6.45) is 0. The van der Waals surface area contributed by atoms with Crippen molar-refractivity contribution in [3.05, 3.63) is 47.2 Å². The Balaban J connectivity index is 1.72. The Hall–Kier alpha value is -3.91. The lowest BCUT2D eigenvalue weighted by Gasteiger charge is -2.49. The number of aliphatic carboxylic acids is 2. The molecule has 192 valence electrons. The van der Waals surface area contributed by atoms with Crippen LogP contribution in [0.1, 0.15) is 18.5 Å². The van der Waals surface area contributed by atoms with Gasteiger partial charge in [-0.05, 0) is 5.56 Å². The fraction of sp³-hybridized carbons (Fsp3) is 0.364. The predicted molar refractivity (Wildman–Crippen MR) is 122 cm³/mol. The SMILES string of the molecule is CC(=O)OCC1=C(C(=O)O)N2C(=O)[C@@H](NC(=O)C(NC(=O)COCC(=O)O)c3ccccc3)[C@H]2SC1. The average molecular weight is 522 g/mol. The molecule has 0 aliphatic carbocycles. The monoisotopic (exact) mass is 521 g/mol. The van der Waals surface area contributed by atoms with Crippen molar-refractivity contribution >= 4 is 47.4 Å². The van der Waals surface area contributed by atoms with E-state index < -0.39 is 66.3 Å². The second-order valence-electron chi connectivity index (χ2n) is 7.73. The summed E-state index contributed by atoms with van der Waals surface area (Å²) in [5.41, 5.74) is 0.364. The normalized spacial score (nSPS) is 19.5. The molecule has 0 radical (unpaired) electrons. The maximum atomic E-state index is 13.1. The van der Waals surface area contributed by atoms with Gasteiger partial charge < -0.3 is 30.3 Å². The summed E-state index contributed by atoms with van der Waals surface area (Å²) in [6.45, 7) is -0.390. The molecule has 0 aromatic heterocycles. The summed E-state index contributed by atoms with van der Waals surface area (Å²) in [4.78, 5) is 72.8. The van der Waals surface area contributed by atoms with Gasteiger partial charge in [0, 0.05) is 18.2 Å². The maximum Gasteiger partial charge on any atom is 0.352 e. The van der Waals surface area contributed by atoms with E-state index >= 15 is 0 Å². The van der Waals surface area contributed by atoms with Crippen molar-refractivity contribution in [3.8, 4) is 0 Å². The Morgan fingerprint density at radius 3 is 2.44 bits per heavy atom. The van der Waals surface area contributed by atoms with Crippen molar-refractivity contribution < 1.29 is 48.5 Å². The second-order valence-corrected chi connectivity index (χ2v) is 8.84. The van der Waals surface area contributed by atoms with E-state index in [9.17, 15) is 33.9 Å². The van der Waals surface area contributed by atoms with Crippen LogP contribution in [0.5, 0.6) is 0 Å². The highest BCUT2D eigenvalue weighted by Gasteiger charge is 2.54. The first-order valence-corrected chi connectivity index (χ1v) is 11.6. The molecule has 3 amide bonds. The molecule has 3 rings (SSSR count).